The smallest absolute Gasteiger partial charge is 0.237 e. The third-order valence-corrected chi connectivity index (χ3v) is 4.99. The molecule has 0 aliphatic carbocycles. The number of unbranched alkanes of at least 4 members (excludes halogenated alkanes) is 1. The van der Waals surface area contributed by atoms with Gasteiger partial charge in [0.25, 0.3) is 0 Å². The molecular weight excluding hydrogens is 330 g/mol. The molecule has 1 aromatic heterocycles. The summed E-state index contributed by atoms with van der Waals surface area (Å²) in [6.45, 7) is 5.93. The van der Waals surface area contributed by atoms with Crippen molar-refractivity contribution in [2.75, 3.05) is 5.32 Å². The molecule has 0 aliphatic heterocycles. The molecule has 2 rings (SSSR count). The van der Waals surface area contributed by atoms with E-state index in [4.69, 9.17) is 0 Å². The highest BCUT2D eigenvalue weighted by Crippen LogP contribution is 2.26. The molecule has 1 amide bonds. The van der Waals surface area contributed by atoms with Gasteiger partial charge in [-0.3, -0.25) is 4.79 Å². The minimum atomic E-state index is -0.347. The van der Waals surface area contributed by atoms with Crippen LogP contribution in [0.3, 0.4) is 0 Å². The molecule has 25 heavy (non-hydrogen) atoms. The first-order chi connectivity index (χ1) is 12.0. The Balaban J connectivity index is 2.10. The van der Waals surface area contributed by atoms with Gasteiger partial charge in [-0.1, -0.05) is 43.3 Å². The summed E-state index contributed by atoms with van der Waals surface area (Å²) in [5, 5.41) is 12.5. The molecule has 5 heteroatoms. The van der Waals surface area contributed by atoms with Crippen molar-refractivity contribution < 1.29 is 4.79 Å². The Morgan fingerprint density at radius 1 is 1.32 bits per heavy atom. The summed E-state index contributed by atoms with van der Waals surface area (Å²) in [6, 6.07) is 13.5. The van der Waals surface area contributed by atoms with Crippen molar-refractivity contribution >= 4 is 23.4 Å². The van der Waals surface area contributed by atoms with E-state index in [0.717, 1.165) is 36.2 Å². The van der Waals surface area contributed by atoms with Gasteiger partial charge in [-0.05, 0) is 50.5 Å². The van der Waals surface area contributed by atoms with Crippen LogP contribution in [-0.4, -0.2) is 16.1 Å². The second kappa shape index (κ2) is 9.24. The van der Waals surface area contributed by atoms with E-state index in [1.54, 1.807) is 6.07 Å². The van der Waals surface area contributed by atoms with E-state index in [9.17, 15) is 10.1 Å². The van der Waals surface area contributed by atoms with Crippen LogP contribution < -0.4 is 5.32 Å². The standard InChI is InChI=1S/C20H23N3OS/c1-4-5-9-17-12-11-16(13-21)20(22-17)25-15(3)19(24)23-18-10-7-6-8-14(18)2/h6-8,10-12,15H,4-5,9H2,1-3H3,(H,23,24). The highest BCUT2D eigenvalue weighted by molar-refractivity contribution is 8.00. The molecule has 1 atom stereocenters. The van der Waals surface area contributed by atoms with Crippen LogP contribution in [0.1, 0.15) is 43.5 Å². The fraction of sp³-hybridized carbons (Fsp3) is 0.350. The first-order valence-corrected chi connectivity index (χ1v) is 9.36. The molecule has 0 saturated heterocycles. The summed E-state index contributed by atoms with van der Waals surface area (Å²) in [4.78, 5) is 17.1. The summed E-state index contributed by atoms with van der Waals surface area (Å²) in [5.41, 5.74) is 3.31. The molecule has 1 aromatic carbocycles. The molecular formula is C20H23N3OS. The molecule has 0 radical (unpaired) electrons. The van der Waals surface area contributed by atoms with Gasteiger partial charge in [0.1, 0.15) is 11.1 Å². The van der Waals surface area contributed by atoms with Crippen molar-refractivity contribution in [1.82, 2.24) is 4.98 Å². The summed E-state index contributed by atoms with van der Waals surface area (Å²) in [7, 11) is 0. The number of thioether (sulfide) groups is 1. The number of aryl methyl sites for hydroxylation is 2. The first-order valence-electron chi connectivity index (χ1n) is 8.48. The van der Waals surface area contributed by atoms with Crippen LogP contribution in [0.25, 0.3) is 0 Å². The van der Waals surface area contributed by atoms with Gasteiger partial charge in [-0.2, -0.15) is 5.26 Å². The van der Waals surface area contributed by atoms with Crippen molar-refractivity contribution in [3.8, 4) is 6.07 Å². The number of benzene rings is 1. The molecule has 0 fully saturated rings. The molecule has 4 nitrogen and oxygen atoms in total. The van der Waals surface area contributed by atoms with Crippen LogP contribution in [-0.2, 0) is 11.2 Å². The average molecular weight is 353 g/mol. The zero-order valence-corrected chi connectivity index (χ0v) is 15.7. The number of anilines is 1. The van der Waals surface area contributed by atoms with Crippen LogP contribution in [0, 0.1) is 18.3 Å². The third kappa shape index (κ3) is 5.33. The molecule has 2 aromatic rings. The SMILES string of the molecule is CCCCc1ccc(C#N)c(SC(C)C(=O)Nc2ccccc2C)n1. The normalized spacial score (nSPS) is 11.6. The van der Waals surface area contributed by atoms with E-state index < -0.39 is 0 Å². The van der Waals surface area contributed by atoms with Crippen molar-refractivity contribution in [2.24, 2.45) is 0 Å². The monoisotopic (exact) mass is 353 g/mol. The largest absolute Gasteiger partial charge is 0.325 e. The van der Waals surface area contributed by atoms with Crippen molar-refractivity contribution in [3.63, 3.8) is 0 Å². The zero-order chi connectivity index (χ0) is 18.2. The van der Waals surface area contributed by atoms with Crippen LogP contribution in [0.5, 0.6) is 0 Å². The lowest BCUT2D eigenvalue weighted by molar-refractivity contribution is -0.115. The Labute approximate surface area is 153 Å². The summed E-state index contributed by atoms with van der Waals surface area (Å²) in [5.74, 6) is -0.0936. The molecule has 0 saturated carbocycles. The second-order valence-corrected chi connectivity index (χ2v) is 7.26. The zero-order valence-electron chi connectivity index (χ0n) is 14.9. The van der Waals surface area contributed by atoms with Crippen LogP contribution in [0.15, 0.2) is 41.4 Å². The Bertz CT molecular complexity index is 783. The van der Waals surface area contributed by atoms with Gasteiger partial charge in [-0.25, -0.2) is 4.98 Å². The van der Waals surface area contributed by atoms with E-state index in [1.807, 2.05) is 44.2 Å². The van der Waals surface area contributed by atoms with Crippen molar-refractivity contribution in [2.45, 2.75) is 50.3 Å². The van der Waals surface area contributed by atoms with Crippen molar-refractivity contribution in [1.29, 1.82) is 5.26 Å². The molecule has 0 bridgehead atoms. The second-order valence-electron chi connectivity index (χ2n) is 5.93. The van der Waals surface area contributed by atoms with Crippen LogP contribution >= 0.6 is 11.8 Å². The van der Waals surface area contributed by atoms with E-state index in [1.165, 1.54) is 11.8 Å². The number of nitrogens with one attached hydrogen (secondary N) is 1. The Kier molecular flexibility index (Phi) is 7.03. The lowest BCUT2D eigenvalue weighted by atomic mass is 10.2. The summed E-state index contributed by atoms with van der Waals surface area (Å²) < 4.78 is 0. The maximum atomic E-state index is 12.5. The Hall–Kier alpha value is -2.32. The molecule has 0 aliphatic rings. The predicted molar refractivity (Wildman–Crippen MR) is 103 cm³/mol. The number of hydrogen-bond acceptors (Lipinski definition) is 4. The minimum absolute atomic E-state index is 0.0936. The number of aromatic nitrogens is 1. The minimum Gasteiger partial charge on any atom is -0.325 e. The van der Waals surface area contributed by atoms with Gasteiger partial charge >= 0.3 is 0 Å². The fourth-order valence-corrected chi connectivity index (χ4v) is 3.23. The highest BCUT2D eigenvalue weighted by Gasteiger charge is 2.18. The van der Waals surface area contributed by atoms with Gasteiger partial charge in [0, 0.05) is 11.4 Å². The fourth-order valence-electron chi connectivity index (χ4n) is 2.32. The quantitative estimate of drug-likeness (QED) is 0.731. The van der Waals surface area contributed by atoms with E-state index in [-0.39, 0.29) is 11.2 Å². The molecule has 0 spiro atoms. The van der Waals surface area contributed by atoms with Gasteiger partial charge in [0.05, 0.1) is 10.8 Å². The lowest BCUT2D eigenvalue weighted by Gasteiger charge is -2.14. The highest BCUT2D eigenvalue weighted by atomic mass is 32.2. The number of carbonyl (C=O) groups excluding carboxylic acids is 1. The summed E-state index contributed by atoms with van der Waals surface area (Å²) >= 11 is 1.33. The third-order valence-electron chi connectivity index (χ3n) is 3.89. The van der Waals surface area contributed by atoms with E-state index in [2.05, 4.69) is 23.3 Å². The molecule has 1 unspecified atom stereocenters. The predicted octanol–water partition coefficient (Wildman–Crippen LogP) is 4.72. The number of amides is 1. The molecule has 1 heterocycles. The number of carbonyl (C=O) groups is 1. The number of nitriles is 1. The van der Waals surface area contributed by atoms with Gasteiger partial charge < -0.3 is 5.32 Å². The van der Waals surface area contributed by atoms with Crippen LogP contribution in [0.4, 0.5) is 5.69 Å². The Morgan fingerprint density at radius 3 is 2.76 bits per heavy atom. The van der Waals surface area contributed by atoms with Gasteiger partial charge in [-0.15, -0.1) is 0 Å². The number of nitrogens with zero attached hydrogens (tertiary/aromatic N) is 2. The topological polar surface area (TPSA) is 65.8 Å². The number of pyridine rings is 1. The van der Waals surface area contributed by atoms with E-state index >= 15 is 0 Å². The van der Waals surface area contributed by atoms with Gasteiger partial charge in [0.2, 0.25) is 5.91 Å². The maximum Gasteiger partial charge on any atom is 0.237 e. The lowest BCUT2D eigenvalue weighted by Crippen LogP contribution is -2.23. The van der Waals surface area contributed by atoms with E-state index in [0.29, 0.717) is 10.6 Å². The number of hydrogen-bond donors (Lipinski definition) is 1. The van der Waals surface area contributed by atoms with Crippen LogP contribution in [0.2, 0.25) is 0 Å². The van der Waals surface area contributed by atoms with Gasteiger partial charge in [0.15, 0.2) is 0 Å². The maximum absolute atomic E-state index is 12.5. The Morgan fingerprint density at radius 2 is 2.08 bits per heavy atom. The number of rotatable bonds is 7. The summed E-state index contributed by atoms with van der Waals surface area (Å²) in [6.07, 6.45) is 3.05. The first kappa shape index (κ1) is 19.0. The molecule has 1 N–H and O–H groups in total. The van der Waals surface area contributed by atoms with Crippen molar-refractivity contribution in [3.05, 3.63) is 53.2 Å². The average Bonchev–Trinajstić information content (AvgIpc) is 2.62. The number of para-hydroxylation sites is 1. The molecule has 130 valence electrons.